The highest BCUT2D eigenvalue weighted by atomic mass is 35.6. The van der Waals surface area contributed by atoms with Gasteiger partial charge in [-0.2, -0.15) is 11.1 Å². The molecule has 98 valence electrons. The number of halogens is 1. The molecule has 17 heavy (non-hydrogen) atoms. The highest BCUT2D eigenvalue weighted by Crippen LogP contribution is 2.63. The fourth-order valence-electron chi connectivity index (χ4n) is 5.67. The maximum Gasteiger partial charge on any atom is 0.154 e. The van der Waals surface area contributed by atoms with Crippen molar-refractivity contribution in [1.29, 1.82) is 0 Å². The smallest absolute Gasteiger partial charge is 0.154 e. The minimum absolute atomic E-state index is 0.944. The summed E-state index contributed by atoms with van der Waals surface area (Å²) in [5, 5.41) is 0. The maximum atomic E-state index is 6.92. The Bertz CT molecular complexity index is 261. The first-order valence-electron chi connectivity index (χ1n) is 7.78. The van der Waals surface area contributed by atoms with Crippen LogP contribution in [-0.2, 0) is 0 Å². The second-order valence-electron chi connectivity index (χ2n) is 7.31. The van der Waals surface area contributed by atoms with E-state index in [0.29, 0.717) is 0 Å². The van der Waals surface area contributed by atoms with E-state index in [9.17, 15) is 0 Å². The molecule has 3 saturated carbocycles. The van der Waals surface area contributed by atoms with Crippen molar-refractivity contribution in [1.82, 2.24) is 0 Å². The van der Waals surface area contributed by atoms with Crippen LogP contribution in [0, 0.1) is 23.7 Å². The Balaban J connectivity index is 1.90. The third-order valence-corrected chi connectivity index (χ3v) is 9.21. The molecule has 0 amide bonds. The zero-order valence-corrected chi connectivity index (χ0v) is 13.2. The van der Waals surface area contributed by atoms with Gasteiger partial charge in [0.15, 0.2) is 7.38 Å². The van der Waals surface area contributed by atoms with Crippen molar-refractivity contribution in [2.45, 2.75) is 70.0 Å². The quantitative estimate of drug-likeness (QED) is 0.440. The van der Waals surface area contributed by atoms with Gasteiger partial charge in [-0.05, 0) is 42.1 Å². The lowest BCUT2D eigenvalue weighted by molar-refractivity contribution is 0.184. The summed E-state index contributed by atoms with van der Waals surface area (Å²) in [6.45, 7) is 4.84. The average molecular weight is 271 g/mol. The van der Waals surface area contributed by atoms with Gasteiger partial charge in [-0.15, -0.1) is 0 Å². The SMILES string of the molecule is C[Si](C)(Cl)C1C2CCCCC2C2CCCCC21. The van der Waals surface area contributed by atoms with E-state index in [-0.39, 0.29) is 0 Å². The molecule has 2 heteroatoms. The Morgan fingerprint density at radius 2 is 1.06 bits per heavy atom. The van der Waals surface area contributed by atoms with Crippen molar-refractivity contribution in [3.05, 3.63) is 0 Å². The van der Waals surface area contributed by atoms with Gasteiger partial charge in [0.05, 0.1) is 0 Å². The number of hydrogen-bond donors (Lipinski definition) is 0. The Morgan fingerprint density at radius 3 is 1.41 bits per heavy atom. The van der Waals surface area contributed by atoms with Crippen molar-refractivity contribution in [2.75, 3.05) is 0 Å². The van der Waals surface area contributed by atoms with E-state index in [1.807, 2.05) is 0 Å². The van der Waals surface area contributed by atoms with Crippen LogP contribution in [0.25, 0.3) is 0 Å². The summed E-state index contributed by atoms with van der Waals surface area (Å²) in [6, 6.07) is 0. The van der Waals surface area contributed by atoms with Crippen LogP contribution in [0.5, 0.6) is 0 Å². The van der Waals surface area contributed by atoms with Gasteiger partial charge in [0.25, 0.3) is 0 Å². The maximum absolute atomic E-state index is 6.92. The Labute approximate surface area is 112 Å². The third kappa shape index (κ3) is 2.12. The topological polar surface area (TPSA) is 0 Å². The van der Waals surface area contributed by atoms with E-state index in [1.165, 1.54) is 51.4 Å². The molecule has 3 aliphatic carbocycles. The third-order valence-electron chi connectivity index (χ3n) is 6.01. The van der Waals surface area contributed by atoms with Crippen molar-refractivity contribution < 1.29 is 0 Å². The van der Waals surface area contributed by atoms with Gasteiger partial charge in [0.2, 0.25) is 0 Å². The molecule has 0 aromatic heterocycles. The van der Waals surface area contributed by atoms with E-state index in [2.05, 4.69) is 13.1 Å². The number of hydrogen-bond acceptors (Lipinski definition) is 0. The predicted octanol–water partition coefficient (Wildman–Crippen LogP) is 5.43. The van der Waals surface area contributed by atoms with Crippen LogP contribution < -0.4 is 0 Å². The van der Waals surface area contributed by atoms with Crippen LogP contribution in [0.1, 0.15) is 51.4 Å². The van der Waals surface area contributed by atoms with E-state index < -0.39 is 7.38 Å². The molecule has 0 bridgehead atoms. The first-order chi connectivity index (χ1) is 8.09. The minimum Gasteiger partial charge on any atom is -0.167 e. The Hall–Kier alpha value is 0.507. The van der Waals surface area contributed by atoms with Gasteiger partial charge in [-0.3, -0.25) is 0 Å². The highest BCUT2D eigenvalue weighted by molar-refractivity contribution is 7.19. The van der Waals surface area contributed by atoms with E-state index in [0.717, 1.165) is 29.2 Å². The molecule has 4 atom stereocenters. The summed E-state index contributed by atoms with van der Waals surface area (Å²) in [5.74, 6) is 4.20. The molecule has 4 unspecified atom stereocenters. The lowest BCUT2D eigenvalue weighted by atomic mass is 9.73. The van der Waals surface area contributed by atoms with Gasteiger partial charge in [-0.25, -0.2) is 0 Å². The first kappa shape index (κ1) is 12.5. The van der Waals surface area contributed by atoms with Crippen molar-refractivity contribution in [3.8, 4) is 0 Å². The predicted molar refractivity (Wildman–Crippen MR) is 78.0 cm³/mol. The molecular formula is C15H27ClSi. The van der Waals surface area contributed by atoms with Crippen LogP contribution in [0.3, 0.4) is 0 Å². The largest absolute Gasteiger partial charge is 0.167 e. The van der Waals surface area contributed by atoms with Crippen molar-refractivity contribution in [2.24, 2.45) is 23.7 Å². The van der Waals surface area contributed by atoms with Gasteiger partial charge < -0.3 is 0 Å². The van der Waals surface area contributed by atoms with E-state index in [1.54, 1.807) is 0 Å². The normalized spacial score (nSPS) is 46.4. The molecule has 0 aromatic carbocycles. The fourth-order valence-corrected chi connectivity index (χ4v) is 9.50. The monoisotopic (exact) mass is 270 g/mol. The molecule has 0 radical (unpaired) electrons. The second kappa shape index (κ2) is 4.56. The van der Waals surface area contributed by atoms with Crippen LogP contribution in [-0.4, -0.2) is 7.38 Å². The van der Waals surface area contributed by atoms with E-state index in [4.69, 9.17) is 11.1 Å². The lowest BCUT2D eigenvalue weighted by Crippen LogP contribution is -2.34. The summed E-state index contributed by atoms with van der Waals surface area (Å²) in [5.41, 5.74) is 0.944. The van der Waals surface area contributed by atoms with Crippen LogP contribution in [0.15, 0.2) is 0 Å². The molecular weight excluding hydrogens is 244 g/mol. The summed E-state index contributed by atoms with van der Waals surface area (Å²) in [6.07, 6.45) is 12.0. The molecule has 0 aromatic rings. The number of fused-ring (bicyclic) bond motifs is 3. The lowest BCUT2D eigenvalue weighted by Gasteiger charge is -2.36. The molecule has 0 heterocycles. The molecule has 0 nitrogen and oxygen atoms in total. The van der Waals surface area contributed by atoms with Crippen LogP contribution >= 0.6 is 11.1 Å². The van der Waals surface area contributed by atoms with Crippen molar-refractivity contribution >= 4 is 18.5 Å². The summed E-state index contributed by atoms with van der Waals surface area (Å²) in [4.78, 5) is 0. The second-order valence-corrected chi connectivity index (χ2v) is 14.0. The molecule has 0 saturated heterocycles. The molecule has 3 rings (SSSR count). The summed E-state index contributed by atoms with van der Waals surface area (Å²) in [7, 11) is -1.47. The van der Waals surface area contributed by atoms with Crippen LogP contribution in [0.2, 0.25) is 18.6 Å². The minimum atomic E-state index is -1.47. The molecule has 0 aliphatic heterocycles. The average Bonchev–Trinajstić information content (AvgIpc) is 2.63. The Morgan fingerprint density at radius 1 is 0.706 bits per heavy atom. The standard InChI is InChI=1S/C15H27ClSi/c1-17(2,16)15-13-9-5-3-7-11(13)12-8-4-6-10-14(12)15/h11-15H,3-10H2,1-2H3. The zero-order chi connectivity index (χ0) is 12.0. The molecule has 3 aliphatic rings. The van der Waals surface area contributed by atoms with Gasteiger partial charge in [0.1, 0.15) is 0 Å². The van der Waals surface area contributed by atoms with Crippen LogP contribution in [0.4, 0.5) is 0 Å². The Kier molecular flexibility index (Phi) is 3.36. The summed E-state index contributed by atoms with van der Waals surface area (Å²) < 4.78 is 0. The van der Waals surface area contributed by atoms with Gasteiger partial charge in [-0.1, -0.05) is 51.6 Å². The molecule has 0 spiro atoms. The first-order valence-corrected chi connectivity index (χ1v) is 11.9. The summed E-state index contributed by atoms with van der Waals surface area (Å²) >= 11 is 6.92. The molecule has 3 fully saturated rings. The van der Waals surface area contributed by atoms with Crippen molar-refractivity contribution in [3.63, 3.8) is 0 Å². The number of rotatable bonds is 1. The molecule has 0 N–H and O–H groups in total. The van der Waals surface area contributed by atoms with Gasteiger partial charge in [0, 0.05) is 0 Å². The fraction of sp³-hybridized carbons (Fsp3) is 1.00. The van der Waals surface area contributed by atoms with Gasteiger partial charge >= 0.3 is 0 Å². The van der Waals surface area contributed by atoms with E-state index >= 15 is 0 Å². The highest BCUT2D eigenvalue weighted by Gasteiger charge is 2.55. The zero-order valence-electron chi connectivity index (χ0n) is 11.4.